The summed E-state index contributed by atoms with van der Waals surface area (Å²) in [5.41, 5.74) is 0. The molecule has 0 bridgehead atoms. The lowest BCUT2D eigenvalue weighted by molar-refractivity contribution is -0.140. The molecule has 3 nitrogen and oxygen atoms in total. The number of benzene rings is 1. The molecule has 1 aliphatic rings. The van der Waals surface area contributed by atoms with Crippen LogP contribution in [0.1, 0.15) is 123 Å². The van der Waals surface area contributed by atoms with Gasteiger partial charge in [-0.25, -0.2) is 0 Å². The smallest absolute Gasteiger partial charge is 0.314 e. The molecule has 0 saturated heterocycles. The summed E-state index contributed by atoms with van der Waals surface area (Å²) in [4.78, 5) is 12.6. The van der Waals surface area contributed by atoms with E-state index in [1.165, 1.54) is 89.9 Å². The molecule has 0 radical (unpaired) electrons. The second-order valence-corrected chi connectivity index (χ2v) is 9.78. The summed E-state index contributed by atoms with van der Waals surface area (Å²) in [6.07, 6.45) is 21.4. The van der Waals surface area contributed by atoms with Crippen molar-refractivity contribution in [1.82, 2.24) is 0 Å². The number of carbonyl (C=O) groups excluding carboxylic acids is 1. The lowest BCUT2D eigenvalue weighted by atomic mass is 9.80. The predicted octanol–water partition coefficient (Wildman–Crippen LogP) is 8.89. The van der Waals surface area contributed by atoms with Crippen LogP contribution in [0.3, 0.4) is 0 Å². The highest BCUT2D eigenvalue weighted by atomic mass is 16.5. The molecule has 182 valence electrons. The van der Waals surface area contributed by atoms with Crippen molar-refractivity contribution in [2.75, 3.05) is 6.61 Å². The van der Waals surface area contributed by atoms with Crippen molar-refractivity contribution in [3.63, 3.8) is 0 Å². The van der Waals surface area contributed by atoms with E-state index < -0.39 is 0 Å². The Kier molecular flexibility index (Phi) is 14.2. The molecular weight excluding hydrogens is 396 g/mol. The highest BCUT2D eigenvalue weighted by Crippen LogP contribution is 2.33. The Hall–Kier alpha value is -1.51. The molecule has 0 heterocycles. The zero-order chi connectivity index (χ0) is 22.9. The van der Waals surface area contributed by atoms with E-state index in [0.717, 1.165) is 37.5 Å². The lowest BCUT2D eigenvalue weighted by Crippen LogP contribution is -2.25. The van der Waals surface area contributed by atoms with E-state index in [0.29, 0.717) is 5.75 Å². The number of esters is 1. The molecule has 0 N–H and O–H groups in total. The number of rotatable bonds is 17. The standard InChI is InChI=1S/C29H48O3/c1-3-5-7-9-10-12-14-24-31-27-20-22-28(23-21-27)32-29(30)26-18-16-25(17-19-26)15-13-11-8-6-4-2/h20-23,25-26H,3-19,24H2,1-2H3/t25-,26-. The van der Waals surface area contributed by atoms with Crippen molar-refractivity contribution < 1.29 is 14.3 Å². The van der Waals surface area contributed by atoms with Crippen LogP contribution in [0, 0.1) is 11.8 Å². The van der Waals surface area contributed by atoms with Gasteiger partial charge in [-0.3, -0.25) is 4.79 Å². The third-order valence-electron chi connectivity index (χ3n) is 6.95. The van der Waals surface area contributed by atoms with Crippen LogP contribution in [-0.2, 0) is 4.79 Å². The number of hydrogen-bond acceptors (Lipinski definition) is 3. The Bertz CT molecular complexity index is 587. The van der Waals surface area contributed by atoms with Crippen LogP contribution < -0.4 is 9.47 Å². The van der Waals surface area contributed by atoms with E-state index in [1.54, 1.807) is 0 Å². The van der Waals surface area contributed by atoms with Crippen molar-refractivity contribution in [1.29, 1.82) is 0 Å². The molecule has 0 unspecified atom stereocenters. The van der Waals surface area contributed by atoms with E-state index in [4.69, 9.17) is 9.47 Å². The van der Waals surface area contributed by atoms with Crippen molar-refractivity contribution in [3.8, 4) is 11.5 Å². The molecule has 0 aliphatic heterocycles. The number of carbonyl (C=O) groups is 1. The summed E-state index contributed by atoms with van der Waals surface area (Å²) in [5, 5.41) is 0. The van der Waals surface area contributed by atoms with Gasteiger partial charge in [0.1, 0.15) is 11.5 Å². The van der Waals surface area contributed by atoms with Crippen LogP contribution in [0.4, 0.5) is 0 Å². The number of hydrogen-bond donors (Lipinski definition) is 0. The van der Waals surface area contributed by atoms with Crippen LogP contribution in [0.25, 0.3) is 0 Å². The molecule has 0 amide bonds. The Morgan fingerprint density at radius 3 is 1.88 bits per heavy atom. The number of unbranched alkanes of at least 4 members (excludes halogenated alkanes) is 10. The van der Waals surface area contributed by atoms with Gasteiger partial charge < -0.3 is 9.47 Å². The van der Waals surface area contributed by atoms with Gasteiger partial charge in [0, 0.05) is 0 Å². The third-order valence-corrected chi connectivity index (χ3v) is 6.95. The van der Waals surface area contributed by atoms with Gasteiger partial charge in [-0.15, -0.1) is 0 Å². The van der Waals surface area contributed by atoms with Gasteiger partial charge in [0.25, 0.3) is 0 Å². The highest BCUT2D eigenvalue weighted by molar-refractivity contribution is 5.75. The molecule has 2 rings (SSSR count). The van der Waals surface area contributed by atoms with Gasteiger partial charge in [-0.1, -0.05) is 90.9 Å². The van der Waals surface area contributed by atoms with Crippen molar-refractivity contribution >= 4 is 5.97 Å². The molecule has 0 atom stereocenters. The maximum atomic E-state index is 12.6. The number of ether oxygens (including phenoxy) is 2. The molecule has 1 aromatic carbocycles. The monoisotopic (exact) mass is 444 g/mol. The van der Waals surface area contributed by atoms with Gasteiger partial charge in [0.05, 0.1) is 12.5 Å². The minimum Gasteiger partial charge on any atom is -0.494 e. The molecule has 3 heteroatoms. The molecule has 0 spiro atoms. The average Bonchev–Trinajstić information content (AvgIpc) is 2.82. The van der Waals surface area contributed by atoms with Crippen LogP contribution in [0.5, 0.6) is 11.5 Å². The Balaban J connectivity index is 1.57. The van der Waals surface area contributed by atoms with Crippen molar-refractivity contribution in [2.45, 2.75) is 123 Å². The second-order valence-electron chi connectivity index (χ2n) is 9.78. The van der Waals surface area contributed by atoms with Crippen LogP contribution >= 0.6 is 0 Å². The lowest BCUT2D eigenvalue weighted by Gasteiger charge is -2.27. The maximum absolute atomic E-state index is 12.6. The first-order valence-electron chi connectivity index (χ1n) is 13.7. The van der Waals surface area contributed by atoms with Crippen LogP contribution in [-0.4, -0.2) is 12.6 Å². The Morgan fingerprint density at radius 1 is 0.719 bits per heavy atom. The third kappa shape index (κ3) is 11.4. The topological polar surface area (TPSA) is 35.5 Å². The second kappa shape index (κ2) is 17.0. The minimum atomic E-state index is -0.0527. The summed E-state index contributed by atoms with van der Waals surface area (Å²) in [5.74, 6) is 2.32. The first-order chi connectivity index (χ1) is 15.7. The van der Waals surface area contributed by atoms with Crippen LogP contribution in [0.2, 0.25) is 0 Å². The molecule has 1 aromatic rings. The molecular formula is C29H48O3. The van der Waals surface area contributed by atoms with Gasteiger partial charge in [0.2, 0.25) is 0 Å². The van der Waals surface area contributed by atoms with E-state index in [9.17, 15) is 4.79 Å². The average molecular weight is 445 g/mol. The maximum Gasteiger partial charge on any atom is 0.314 e. The van der Waals surface area contributed by atoms with Gasteiger partial charge >= 0.3 is 5.97 Å². The van der Waals surface area contributed by atoms with Gasteiger partial charge in [-0.05, 0) is 62.3 Å². The quantitative estimate of drug-likeness (QED) is 0.137. The fraction of sp³-hybridized carbons (Fsp3) is 0.759. The molecule has 0 aromatic heterocycles. The first-order valence-corrected chi connectivity index (χ1v) is 13.7. The molecule has 32 heavy (non-hydrogen) atoms. The summed E-state index contributed by atoms with van der Waals surface area (Å²) in [6, 6.07) is 7.55. The Morgan fingerprint density at radius 2 is 1.25 bits per heavy atom. The van der Waals surface area contributed by atoms with E-state index >= 15 is 0 Å². The highest BCUT2D eigenvalue weighted by Gasteiger charge is 2.27. The Labute approximate surface area is 197 Å². The SMILES string of the molecule is CCCCCCCCCOc1ccc(OC(=O)[C@H]2CC[C@H](CCCCCCC)CC2)cc1. The summed E-state index contributed by atoms with van der Waals surface area (Å²) in [6.45, 7) is 5.28. The summed E-state index contributed by atoms with van der Waals surface area (Å²) in [7, 11) is 0. The summed E-state index contributed by atoms with van der Waals surface area (Å²) < 4.78 is 11.5. The van der Waals surface area contributed by atoms with Crippen LogP contribution in [0.15, 0.2) is 24.3 Å². The normalized spacial score (nSPS) is 18.4. The molecule has 1 saturated carbocycles. The largest absolute Gasteiger partial charge is 0.494 e. The fourth-order valence-electron chi connectivity index (χ4n) is 4.78. The van der Waals surface area contributed by atoms with E-state index in [-0.39, 0.29) is 11.9 Å². The zero-order valence-electron chi connectivity index (χ0n) is 20.9. The van der Waals surface area contributed by atoms with Crippen molar-refractivity contribution in [2.24, 2.45) is 11.8 Å². The first kappa shape index (κ1) is 26.7. The van der Waals surface area contributed by atoms with Crippen molar-refractivity contribution in [3.05, 3.63) is 24.3 Å². The molecule has 1 fully saturated rings. The van der Waals surface area contributed by atoms with E-state index in [2.05, 4.69) is 13.8 Å². The predicted molar refractivity (Wildman–Crippen MR) is 134 cm³/mol. The minimum absolute atomic E-state index is 0.0527. The molecule has 1 aliphatic carbocycles. The fourth-order valence-corrected chi connectivity index (χ4v) is 4.78. The van der Waals surface area contributed by atoms with Gasteiger partial charge in [-0.2, -0.15) is 0 Å². The zero-order valence-corrected chi connectivity index (χ0v) is 20.9. The van der Waals surface area contributed by atoms with E-state index in [1.807, 2.05) is 24.3 Å². The summed E-state index contributed by atoms with van der Waals surface area (Å²) >= 11 is 0. The van der Waals surface area contributed by atoms with Gasteiger partial charge in [0.15, 0.2) is 0 Å².